The predicted octanol–water partition coefficient (Wildman–Crippen LogP) is 3.03. The lowest BCUT2D eigenvalue weighted by Gasteiger charge is -2.18. The van der Waals surface area contributed by atoms with Crippen molar-refractivity contribution in [2.24, 2.45) is 10.9 Å². The number of nitrogens with zero attached hydrogens (tertiary/aromatic N) is 3. The number of rotatable bonds is 0. The molecule has 1 amide bonds. The Labute approximate surface area is 144 Å². The molecule has 0 radical (unpaired) electrons. The first kappa shape index (κ1) is 15.6. The molecule has 0 spiro atoms. The highest BCUT2D eigenvalue weighted by molar-refractivity contribution is 6.00. The Kier molecular flexibility index (Phi) is 3.83. The van der Waals surface area contributed by atoms with Crippen molar-refractivity contribution in [3.8, 4) is 0 Å². The molecule has 1 N–H and O–H groups in total. The first-order chi connectivity index (χ1) is 12.1. The van der Waals surface area contributed by atoms with Gasteiger partial charge in [-0.05, 0) is 24.1 Å². The van der Waals surface area contributed by atoms with Gasteiger partial charge in [0.05, 0.1) is 23.7 Å². The van der Waals surface area contributed by atoms with Crippen LogP contribution in [0.15, 0.2) is 46.9 Å². The Hall–Kier alpha value is -2.96. The van der Waals surface area contributed by atoms with E-state index in [1.54, 1.807) is 10.9 Å². The fourth-order valence-electron chi connectivity index (χ4n) is 3.04. The Morgan fingerprint density at radius 3 is 3.16 bits per heavy atom. The highest BCUT2D eigenvalue weighted by Crippen LogP contribution is 2.37. The SMILES string of the molecule is C[C@@H]1C=N/C=C(\F)OC2=C3C=C(C=Cn4ncc(c43)C(=O)NC1)CC2. The number of aromatic nitrogens is 2. The van der Waals surface area contributed by atoms with Crippen LogP contribution < -0.4 is 5.32 Å². The number of ether oxygens (including phenoxy) is 1. The third-order valence-corrected chi connectivity index (χ3v) is 4.32. The largest absolute Gasteiger partial charge is 0.434 e. The van der Waals surface area contributed by atoms with Gasteiger partial charge in [0.1, 0.15) is 5.76 Å². The number of hydrogen-bond donors (Lipinski definition) is 1. The maximum atomic E-state index is 14.1. The van der Waals surface area contributed by atoms with Gasteiger partial charge in [0.15, 0.2) is 0 Å². The second kappa shape index (κ2) is 6.16. The lowest BCUT2D eigenvalue weighted by molar-refractivity contribution is 0.0951. The van der Waals surface area contributed by atoms with E-state index in [1.807, 2.05) is 25.3 Å². The molecule has 6 nitrogen and oxygen atoms in total. The molecule has 2 aliphatic heterocycles. The monoisotopic (exact) mass is 340 g/mol. The van der Waals surface area contributed by atoms with Crippen LogP contribution in [0.1, 0.15) is 35.8 Å². The predicted molar refractivity (Wildman–Crippen MR) is 92.1 cm³/mol. The first-order valence-electron chi connectivity index (χ1n) is 8.16. The highest BCUT2D eigenvalue weighted by Gasteiger charge is 2.27. The van der Waals surface area contributed by atoms with Crippen molar-refractivity contribution < 1.29 is 13.9 Å². The van der Waals surface area contributed by atoms with Gasteiger partial charge < -0.3 is 10.1 Å². The van der Waals surface area contributed by atoms with Crippen LogP contribution in [-0.2, 0) is 4.74 Å². The zero-order valence-corrected chi connectivity index (χ0v) is 13.7. The number of amides is 1. The van der Waals surface area contributed by atoms with Crippen LogP contribution in [0.5, 0.6) is 0 Å². The van der Waals surface area contributed by atoms with Crippen LogP contribution in [0.3, 0.4) is 0 Å². The number of nitrogens with one attached hydrogen (secondary N) is 1. The van der Waals surface area contributed by atoms with E-state index in [1.165, 1.54) is 6.20 Å². The Bertz CT molecular complexity index is 889. The molecule has 2 bridgehead atoms. The van der Waals surface area contributed by atoms with E-state index in [9.17, 15) is 9.18 Å². The molecule has 128 valence electrons. The molecule has 7 heteroatoms. The van der Waals surface area contributed by atoms with Gasteiger partial charge >= 0.3 is 0 Å². The van der Waals surface area contributed by atoms with Crippen LogP contribution in [0.4, 0.5) is 4.39 Å². The van der Waals surface area contributed by atoms with E-state index in [-0.39, 0.29) is 11.8 Å². The van der Waals surface area contributed by atoms with E-state index >= 15 is 0 Å². The molecule has 3 aliphatic rings. The fourth-order valence-corrected chi connectivity index (χ4v) is 3.04. The van der Waals surface area contributed by atoms with Crippen LogP contribution in [0.25, 0.3) is 11.8 Å². The van der Waals surface area contributed by atoms with Crippen LogP contribution in [-0.4, -0.2) is 28.4 Å². The van der Waals surface area contributed by atoms with Gasteiger partial charge in [-0.3, -0.25) is 9.79 Å². The van der Waals surface area contributed by atoms with Crippen molar-refractivity contribution in [2.45, 2.75) is 19.8 Å². The highest BCUT2D eigenvalue weighted by atomic mass is 19.1. The average molecular weight is 340 g/mol. The molecule has 25 heavy (non-hydrogen) atoms. The summed E-state index contributed by atoms with van der Waals surface area (Å²) in [7, 11) is 0. The van der Waals surface area contributed by atoms with Gasteiger partial charge in [0.2, 0.25) is 0 Å². The molecule has 0 saturated carbocycles. The normalized spacial score (nSPS) is 24.7. The second-order valence-corrected chi connectivity index (χ2v) is 6.24. The number of aliphatic imine (C=N–C) groups is 1. The molecule has 1 aromatic heterocycles. The second-order valence-electron chi connectivity index (χ2n) is 6.24. The summed E-state index contributed by atoms with van der Waals surface area (Å²) in [6.07, 6.45) is 11.1. The maximum absolute atomic E-state index is 14.1. The summed E-state index contributed by atoms with van der Waals surface area (Å²) in [6.45, 7) is 2.28. The van der Waals surface area contributed by atoms with E-state index in [0.717, 1.165) is 18.2 Å². The summed E-state index contributed by atoms with van der Waals surface area (Å²) in [5, 5.41) is 7.16. The Morgan fingerprint density at radius 1 is 1.40 bits per heavy atom. The number of carbonyl (C=O) groups is 1. The Morgan fingerprint density at radius 2 is 2.28 bits per heavy atom. The van der Waals surface area contributed by atoms with Gasteiger partial charge in [-0.15, -0.1) is 0 Å². The van der Waals surface area contributed by atoms with Gasteiger partial charge in [-0.25, -0.2) is 4.68 Å². The van der Waals surface area contributed by atoms with E-state index in [0.29, 0.717) is 35.6 Å². The molecule has 3 heterocycles. The maximum Gasteiger partial charge on any atom is 0.296 e. The van der Waals surface area contributed by atoms with Crippen molar-refractivity contribution in [3.05, 3.63) is 53.2 Å². The van der Waals surface area contributed by atoms with E-state index in [2.05, 4.69) is 15.4 Å². The van der Waals surface area contributed by atoms with Crippen LogP contribution in [0, 0.1) is 5.92 Å². The number of allylic oxidation sites excluding steroid dienone is 5. The van der Waals surface area contributed by atoms with Gasteiger partial charge in [-0.2, -0.15) is 9.49 Å². The zero-order chi connectivity index (χ0) is 17.4. The molecular weight excluding hydrogens is 323 g/mol. The fraction of sp³-hybridized carbons (Fsp3) is 0.278. The average Bonchev–Trinajstić information content (AvgIpc) is 2.96. The summed E-state index contributed by atoms with van der Waals surface area (Å²) in [5.41, 5.74) is 2.81. The number of hydrogen-bond acceptors (Lipinski definition) is 4. The van der Waals surface area contributed by atoms with Crippen LogP contribution in [0.2, 0.25) is 0 Å². The topological polar surface area (TPSA) is 68.5 Å². The lowest BCUT2D eigenvalue weighted by Crippen LogP contribution is -2.29. The summed E-state index contributed by atoms with van der Waals surface area (Å²) < 4.78 is 21.2. The molecule has 1 atom stereocenters. The molecule has 0 unspecified atom stereocenters. The first-order valence-corrected chi connectivity index (χ1v) is 8.16. The van der Waals surface area contributed by atoms with Crippen molar-refractivity contribution in [2.75, 3.05) is 6.54 Å². The molecule has 0 saturated heterocycles. The third kappa shape index (κ3) is 2.93. The lowest BCUT2D eigenvalue weighted by atomic mass is 9.94. The molecule has 4 rings (SSSR count). The minimum atomic E-state index is -0.772. The van der Waals surface area contributed by atoms with Crippen LogP contribution >= 0.6 is 0 Å². The zero-order valence-electron chi connectivity index (χ0n) is 13.7. The van der Waals surface area contributed by atoms with Crippen molar-refractivity contribution in [3.63, 3.8) is 0 Å². The number of halogens is 1. The molecule has 1 aromatic rings. The van der Waals surface area contributed by atoms with Gasteiger partial charge in [-0.1, -0.05) is 6.92 Å². The molecular formula is C18H17FN4O2. The minimum Gasteiger partial charge on any atom is -0.434 e. The van der Waals surface area contributed by atoms with Gasteiger partial charge in [0.25, 0.3) is 11.9 Å². The quantitative estimate of drug-likeness (QED) is 0.789. The van der Waals surface area contributed by atoms with Crippen molar-refractivity contribution in [1.82, 2.24) is 15.1 Å². The summed E-state index contributed by atoms with van der Waals surface area (Å²) in [5.74, 6) is 0.202. The number of carbonyl (C=O) groups excluding carboxylic acids is 1. The smallest absolute Gasteiger partial charge is 0.296 e. The summed E-state index contributed by atoms with van der Waals surface area (Å²) in [6, 6.07) is -0.772. The van der Waals surface area contributed by atoms with E-state index < -0.39 is 6.01 Å². The molecule has 0 aromatic carbocycles. The van der Waals surface area contributed by atoms with Crippen molar-refractivity contribution in [1.29, 1.82) is 0 Å². The summed E-state index contributed by atoms with van der Waals surface area (Å²) in [4.78, 5) is 16.6. The van der Waals surface area contributed by atoms with E-state index in [4.69, 9.17) is 4.74 Å². The minimum absolute atomic E-state index is 0.0445. The third-order valence-electron chi connectivity index (χ3n) is 4.32. The Balaban J connectivity index is 1.89. The molecule has 1 aliphatic carbocycles. The van der Waals surface area contributed by atoms with Crippen molar-refractivity contribution >= 4 is 23.9 Å². The van der Waals surface area contributed by atoms with Gasteiger partial charge in [0, 0.05) is 36.9 Å². The molecule has 0 fully saturated rings. The summed E-state index contributed by atoms with van der Waals surface area (Å²) >= 11 is 0. The standard InChI is InChI=1S/C18H17FN4O2/c1-11-7-20-10-16(19)25-15-3-2-12-4-5-23-17(13(15)6-12)14(9-22-23)18(24)21-8-11/h4-7,9-11H,2-3,8H2,1H3,(H,21,24)/b16-10+,20-7?/t11-/m1/s1.